The number of halogens is 1. The summed E-state index contributed by atoms with van der Waals surface area (Å²) in [6.45, 7) is 3.48. The van der Waals surface area contributed by atoms with Gasteiger partial charge in [-0.2, -0.15) is 9.36 Å². The van der Waals surface area contributed by atoms with Crippen LogP contribution in [0.15, 0.2) is 41.0 Å². The Morgan fingerprint density at radius 3 is 2.89 bits per heavy atom. The van der Waals surface area contributed by atoms with Gasteiger partial charge >= 0.3 is 0 Å². The summed E-state index contributed by atoms with van der Waals surface area (Å²) in [6, 6.07) is 8.00. The normalized spacial score (nSPS) is 10.9. The second kappa shape index (κ2) is 6.72. The molecule has 0 saturated carbocycles. The molecule has 0 spiro atoms. The molecular weight excluding hydrogens is 371 g/mol. The number of carbonyl (C=O) groups excluding carboxylic acids is 1. The van der Waals surface area contributed by atoms with Crippen molar-refractivity contribution in [2.75, 3.05) is 5.32 Å². The fourth-order valence-corrected chi connectivity index (χ4v) is 3.00. The number of hydrogen-bond acceptors (Lipinski definition) is 7. The molecule has 0 radical (unpaired) electrons. The van der Waals surface area contributed by atoms with Gasteiger partial charge in [-0.25, -0.2) is 9.07 Å². The smallest absolute Gasteiger partial charge is 0.293 e. The molecule has 3 heterocycles. The molecule has 0 saturated heterocycles. The predicted molar refractivity (Wildman–Crippen MR) is 96.4 cm³/mol. The van der Waals surface area contributed by atoms with Gasteiger partial charge in [0, 0.05) is 11.5 Å². The molecule has 4 aromatic rings. The molecule has 0 aliphatic heterocycles. The van der Waals surface area contributed by atoms with E-state index in [1.54, 1.807) is 38.1 Å². The molecule has 10 heteroatoms. The van der Waals surface area contributed by atoms with Crippen LogP contribution in [-0.2, 0) is 0 Å². The zero-order chi connectivity index (χ0) is 19.0. The lowest BCUT2D eigenvalue weighted by Crippen LogP contribution is -2.10. The van der Waals surface area contributed by atoms with Crippen LogP contribution in [-0.4, -0.2) is 30.3 Å². The maximum absolute atomic E-state index is 13.8. The van der Waals surface area contributed by atoms with Gasteiger partial charge in [-0.3, -0.25) is 10.1 Å². The number of rotatable bonds is 4. The molecule has 1 amide bonds. The lowest BCUT2D eigenvalue weighted by Gasteiger charge is -2.04. The van der Waals surface area contributed by atoms with Crippen molar-refractivity contribution in [2.24, 2.45) is 0 Å². The van der Waals surface area contributed by atoms with Gasteiger partial charge < -0.3 is 4.42 Å². The van der Waals surface area contributed by atoms with Crippen molar-refractivity contribution in [3.05, 3.63) is 59.4 Å². The Hall–Kier alpha value is -3.40. The highest BCUT2D eigenvalue weighted by atomic mass is 32.1. The lowest BCUT2D eigenvalue weighted by molar-refractivity contribution is 0.0996. The number of aryl methyl sites for hydroxylation is 1. The Kier molecular flexibility index (Phi) is 4.24. The minimum Gasteiger partial charge on any atom is -0.459 e. The average Bonchev–Trinajstić information content (AvgIpc) is 3.38. The third-order valence-electron chi connectivity index (χ3n) is 3.90. The average molecular weight is 384 g/mol. The molecular formula is C17H13FN6O2S. The van der Waals surface area contributed by atoms with Crippen molar-refractivity contribution in [3.8, 4) is 17.2 Å². The molecule has 1 N–H and O–H groups in total. The quantitative estimate of drug-likeness (QED) is 0.579. The van der Waals surface area contributed by atoms with E-state index < -0.39 is 5.91 Å². The summed E-state index contributed by atoms with van der Waals surface area (Å²) in [6.07, 6.45) is 1.41. The van der Waals surface area contributed by atoms with Crippen LogP contribution in [0.4, 0.5) is 9.52 Å². The molecule has 3 aromatic heterocycles. The van der Waals surface area contributed by atoms with Crippen molar-refractivity contribution < 1.29 is 13.6 Å². The number of nitrogens with one attached hydrogen (secondary N) is 1. The van der Waals surface area contributed by atoms with Crippen LogP contribution < -0.4 is 5.32 Å². The van der Waals surface area contributed by atoms with Crippen LogP contribution in [0.2, 0.25) is 0 Å². The first-order chi connectivity index (χ1) is 13.0. The molecule has 0 aliphatic carbocycles. The highest BCUT2D eigenvalue weighted by molar-refractivity contribution is 7.10. The first kappa shape index (κ1) is 17.0. The third-order valence-corrected chi connectivity index (χ3v) is 4.53. The molecule has 0 fully saturated rings. The van der Waals surface area contributed by atoms with E-state index in [-0.39, 0.29) is 11.6 Å². The highest BCUT2D eigenvalue weighted by Gasteiger charge is 2.18. The van der Waals surface area contributed by atoms with Gasteiger partial charge in [0.15, 0.2) is 17.3 Å². The van der Waals surface area contributed by atoms with E-state index in [0.29, 0.717) is 33.6 Å². The van der Waals surface area contributed by atoms with E-state index in [4.69, 9.17) is 4.42 Å². The monoisotopic (exact) mass is 384 g/mol. The number of anilines is 1. The summed E-state index contributed by atoms with van der Waals surface area (Å²) >= 11 is 1.02. The zero-order valence-corrected chi connectivity index (χ0v) is 15.1. The Morgan fingerprint density at radius 1 is 1.30 bits per heavy atom. The predicted octanol–water partition coefficient (Wildman–Crippen LogP) is 3.39. The molecule has 27 heavy (non-hydrogen) atoms. The molecule has 136 valence electrons. The first-order valence-electron chi connectivity index (χ1n) is 7.90. The van der Waals surface area contributed by atoms with E-state index >= 15 is 0 Å². The minimum atomic E-state index is -0.418. The topological polar surface area (TPSA) is 98.7 Å². The largest absolute Gasteiger partial charge is 0.459 e. The summed E-state index contributed by atoms with van der Waals surface area (Å²) in [4.78, 5) is 16.3. The molecule has 4 rings (SSSR count). The standard InChI is InChI=1S/C17H13FN6O2S/c1-9-5-6-11(8-12(9)18)24-10(2)14(21-23-24)15-19-17(27-22-15)20-16(25)13-4-3-7-26-13/h3-8H,1-2H3,(H,19,20,22,25). The SMILES string of the molecule is Cc1ccc(-n2nnc(-c3nsc(NC(=O)c4ccco4)n3)c2C)cc1F. The van der Waals surface area contributed by atoms with Crippen LogP contribution in [0.25, 0.3) is 17.2 Å². The molecule has 8 nitrogen and oxygen atoms in total. The number of nitrogens with zero attached hydrogens (tertiary/aromatic N) is 5. The van der Waals surface area contributed by atoms with E-state index in [9.17, 15) is 9.18 Å². The summed E-state index contributed by atoms with van der Waals surface area (Å²) in [7, 11) is 0. The third kappa shape index (κ3) is 3.22. The number of carbonyl (C=O) groups is 1. The molecule has 0 atom stereocenters. The fraction of sp³-hybridized carbons (Fsp3) is 0.118. The molecule has 0 bridgehead atoms. The van der Waals surface area contributed by atoms with Gasteiger partial charge in [0.2, 0.25) is 5.13 Å². The summed E-state index contributed by atoms with van der Waals surface area (Å²) in [5.74, 6) is -0.238. The second-order valence-corrected chi connectivity index (χ2v) is 6.48. The summed E-state index contributed by atoms with van der Waals surface area (Å²) in [5, 5.41) is 11.1. The Morgan fingerprint density at radius 2 is 2.15 bits per heavy atom. The first-order valence-corrected chi connectivity index (χ1v) is 8.68. The van der Waals surface area contributed by atoms with Crippen LogP contribution in [0.5, 0.6) is 0 Å². The Bertz CT molecular complexity index is 1120. The highest BCUT2D eigenvalue weighted by Crippen LogP contribution is 2.24. The van der Waals surface area contributed by atoms with Crippen molar-refractivity contribution in [2.45, 2.75) is 13.8 Å². The maximum atomic E-state index is 13.8. The van der Waals surface area contributed by atoms with Crippen LogP contribution in [0.1, 0.15) is 21.8 Å². The number of amides is 1. The number of hydrogen-bond donors (Lipinski definition) is 1. The lowest BCUT2D eigenvalue weighted by atomic mass is 10.2. The summed E-state index contributed by atoms with van der Waals surface area (Å²) in [5.41, 5.74) is 2.21. The van der Waals surface area contributed by atoms with Gasteiger partial charge in [0.05, 0.1) is 17.6 Å². The van der Waals surface area contributed by atoms with E-state index in [1.807, 2.05) is 0 Å². The van der Waals surface area contributed by atoms with Gasteiger partial charge in [-0.05, 0) is 43.7 Å². The van der Waals surface area contributed by atoms with E-state index in [1.165, 1.54) is 17.0 Å². The van der Waals surface area contributed by atoms with Crippen LogP contribution in [0, 0.1) is 19.7 Å². The zero-order valence-electron chi connectivity index (χ0n) is 14.3. The van der Waals surface area contributed by atoms with E-state index in [0.717, 1.165) is 11.5 Å². The van der Waals surface area contributed by atoms with E-state index in [2.05, 4.69) is 25.0 Å². The summed E-state index contributed by atoms with van der Waals surface area (Å²) < 4.78 is 24.6. The van der Waals surface area contributed by atoms with Crippen molar-refractivity contribution in [1.82, 2.24) is 24.4 Å². The fourth-order valence-electron chi connectivity index (χ4n) is 2.43. The van der Waals surface area contributed by atoms with Crippen LogP contribution >= 0.6 is 11.5 Å². The van der Waals surface area contributed by atoms with Crippen molar-refractivity contribution in [1.29, 1.82) is 0 Å². The molecule has 0 aliphatic rings. The molecule has 1 aromatic carbocycles. The number of aromatic nitrogens is 5. The van der Waals surface area contributed by atoms with Gasteiger partial charge in [0.25, 0.3) is 5.91 Å². The van der Waals surface area contributed by atoms with Crippen LogP contribution in [0.3, 0.4) is 0 Å². The van der Waals surface area contributed by atoms with Gasteiger partial charge in [-0.15, -0.1) is 5.10 Å². The van der Waals surface area contributed by atoms with Gasteiger partial charge in [0.1, 0.15) is 5.82 Å². The second-order valence-electron chi connectivity index (χ2n) is 5.72. The number of furan rings is 1. The molecule has 0 unspecified atom stereocenters. The van der Waals surface area contributed by atoms with Crippen molar-refractivity contribution >= 4 is 22.6 Å². The Labute approximate surface area is 156 Å². The maximum Gasteiger partial charge on any atom is 0.293 e. The Balaban J connectivity index is 1.60. The minimum absolute atomic E-state index is 0.176. The number of benzene rings is 1. The van der Waals surface area contributed by atoms with Crippen molar-refractivity contribution in [3.63, 3.8) is 0 Å². The van der Waals surface area contributed by atoms with Gasteiger partial charge in [-0.1, -0.05) is 11.3 Å².